The minimum Gasteiger partial charge on any atom is -0.255 e. The molecule has 0 radical (unpaired) electrons. The summed E-state index contributed by atoms with van der Waals surface area (Å²) in [7, 11) is 0. The summed E-state index contributed by atoms with van der Waals surface area (Å²) in [6.45, 7) is 6.34. The average Bonchev–Trinajstić information content (AvgIpc) is 3.11. The van der Waals surface area contributed by atoms with Gasteiger partial charge in [0.1, 0.15) is 5.69 Å². The first-order valence-corrected chi connectivity index (χ1v) is 10.0. The molecule has 0 amide bonds. The van der Waals surface area contributed by atoms with Gasteiger partial charge in [-0.2, -0.15) is 5.10 Å². The molecule has 5 rings (SSSR count). The first-order chi connectivity index (χ1) is 14.0. The second kappa shape index (κ2) is 6.71. The summed E-state index contributed by atoms with van der Waals surface area (Å²) in [4.78, 5) is 4.68. The zero-order valence-corrected chi connectivity index (χ0v) is 17.3. The fourth-order valence-corrected chi connectivity index (χ4v) is 3.90. The van der Waals surface area contributed by atoms with E-state index in [0.29, 0.717) is 5.02 Å². The number of hydrogen-bond donors (Lipinski definition) is 0. The van der Waals surface area contributed by atoms with Crippen LogP contribution < -0.4 is 0 Å². The molecule has 0 bridgehead atoms. The molecule has 0 saturated heterocycles. The van der Waals surface area contributed by atoms with Crippen molar-refractivity contribution < 1.29 is 0 Å². The number of rotatable bonds is 2. The van der Waals surface area contributed by atoms with Crippen molar-refractivity contribution >= 4 is 33.4 Å². The SMILES string of the molecule is Cc1ccc(-c2nn(-c3ccc(C)c(C)c3)c3c2cnc2ccc(Cl)cc23)cc1. The standard InChI is InChI=1S/C25H20ClN3/c1-15-4-7-18(8-5-15)24-22-14-27-23-11-9-19(26)13-21(23)25(22)29(28-24)20-10-6-16(2)17(3)12-20/h4-14H,1-3H3. The van der Waals surface area contributed by atoms with Crippen LogP contribution >= 0.6 is 11.6 Å². The minimum atomic E-state index is 0.691. The van der Waals surface area contributed by atoms with Crippen LogP contribution in [0.1, 0.15) is 16.7 Å². The van der Waals surface area contributed by atoms with Gasteiger partial charge in [-0.15, -0.1) is 0 Å². The Labute approximate surface area is 174 Å². The van der Waals surface area contributed by atoms with Crippen molar-refractivity contribution in [3.63, 3.8) is 0 Å². The van der Waals surface area contributed by atoms with Crippen LogP contribution in [0.2, 0.25) is 5.02 Å². The Bertz CT molecular complexity index is 1380. The van der Waals surface area contributed by atoms with Crippen molar-refractivity contribution in [2.24, 2.45) is 0 Å². The number of halogens is 1. The van der Waals surface area contributed by atoms with E-state index >= 15 is 0 Å². The summed E-state index contributed by atoms with van der Waals surface area (Å²) in [5, 5.41) is 7.75. The largest absolute Gasteiger partial charge is 0.255 e. The van der Waals surface area contributed by atoms with Crippen LogP contribution in [0, 0.1) is 20.8 Å². The van der Waals surface area contributed by atoms with Crippen LogP contribution in [0.3, 0.4) is 0 Å². The van der Waals surface area contributed by atoms with Crippen molar-refractivity contribution in [3.05, 3.63) is 88.6 Å². The van der Waals surface area contributed by atoms with Gasteiger partial charge in [-0.05, 0) is 62.2 Å². The van der Waals surface area contributed by atoms with Gasteiger partial charge in [0, 0.05) is 27.6 Å². The summed E-state index contributed by atoms with van der Waals surface area (Å²) in [5.74, 6) is 0. The van der Waals surface area contributed by atoms with E-state index in [1.807, 2.05) is 29.1 Å². The maximum absolute atomic E-state index is 6.35. The molecule has 2 heterocycles. The topological polar surface area (TPSA) is 30.7 Å². The van der Waals surface area contributed by atoms with Gasteiger partial charge in [-0.3, -0.25) is 4.98 Å². The summed E-state index contributed by atoms with van der Waals surface area (Å²) >= 11 is 6.35. The van der Waals surface area contributed by atoms with Crippen LogP contribution in [0.4, 0.5) is 0 Å². The maximum Gasteiger partial charge on any atom is 0.102 e. The third kappa shape index (κ3) is 2.99. The molecular formula is C25H20ClN3. The van der Waals surface area contributed by atoms with E-state index in [4.69, 9.17) is 16.7 Å². The Morgan fingerprint density at radius 2 is 1.59 bits per heavy atom. The molecular weight excluding hydrogens is 378 g/mol. The Balaban J connectivity index is 1.90. The van der Waals surface area contributed by atoms with Crippen LogP contribution in [-0.4, -0.2) is 14.8 Å². The lowest BCUT2D eigenvalue weighted by Crippen LogP contribution is -1.98. The van der Waals surface area contributed by atoms with Gasteiger partial charge in [0.05, 0.1) is 16.7 Å². The van der Waals surface area contributed by atoms with Crippen LogP contribution in [-0.2, 0) is 0 Å². The molecule has 0 fully saturated rings. The van der Waals surface area contributed by atoms with E-state index in [-0.39, 0.29) is 0 Å². The van der Waals surface area contributed by atoms with Crippen molar-refractivity contribution in [3.8, 4) is 16.9 Å². The smallest absolute Gasteiger partial charge is 0.102 e. The number of aromatic nitrogens is 3. The highest BCUT2D eigenvalue weighted by atomic mass is 35.5. The van der Waals surface area contributed by atoms with Crippen LogP contribution in [0.25, 0.3) is 38.8 Å². The van der Waals surface area contributed by atoms with E-state index in [1.165, 1.54) is 16.7 Å². The van der Waals surface area contributed by atoms with E-state index in [9.17, 15) is 0 Å². The lowest BCUT2D eigenvalue weighted by molar-refractivity contribution is 0.915. The number of hydrogen-bond acceptors (Lipinski definition) is 2. The van der Waals surface area contributed by atoms with Crippen molar-refractivity contribution in [2.45, 2.75) is 20.8 Å². The Morgan fingerprint density at radius 3 is 2.34 bits per heavy atom. The van der Waals surface area contributed by atoms with Crippen molar-refractivity contribution in [2.75, 3.05) is 0 Å². The lowest BCUT2D eigenvalue weighted by Gasteiger charge is -2.08. The second-order valence-corrected chi connectivity index (χ2v) is 8.01. The highest BCUT2D eigenvalue weighted by Crippen LogP contribution is 2.35. The maximum atomic E-state index is 6.35. The molecule has 0 N–H and O–H groups in total. The monoisotopic (exact) mass is 397 g/mol. The van der Waals surface area contributed by atoms with Crippen molar-refractivity contribution in [1.82, 2.24) is 14.8 Å². The molecule has 0 atom stereocenters. The molecule has 0 saturated carbocycles. The van der Waals surface area contributed by atoms with E-state index in [0.717, 1.165) is 38.8 Å². The summed E-state index contributed by atoms with van der Waals surface area (Å²) in [5.41, 5.74) is 8.68. The number of nitrogens with zero attached hydrogens (tertiary/aromatic N) is 3. The lowest BCUT2D eigenvalue weighted by atomic mass is 10.1. The van der Waals surface area contributed by atoms with E-state index in [2.05, 4.69) is 68.2 Å². The zero-order valence-electron chi connectivity index (χ0n) is 16.6. The number of pyridine rings is 1. The Hall–Kier alpha value is -3.17. The third-order valence-corrected chi connectivity index (χ3v) is 5.76. The van der Waals surface area contributed by atoms with Gasteiger partial charge in [-0.1, -0.05) is 47.5 Å². The Kier molecular flexibility index (Phi) is 4.14. The molecule has 3 aromatic carbocycles. The molecule has 4 heteroatoms. The Morgan fingerprint density at radius 1 is 0.793 bits per heavy atom. The highest BCUT2D eigenvalue weighted by molar-refractivity contribution is 6.31. The first kappa shape index (κ1) is 17.9. The molecule has 3 nitrogen and oxygen atoms in total. The summed E-state index contributed by atoms with van der Waals surface area (Å²) in [6.07, 6.45) is 1.92. The van der Waals surface area contributed by atoms with Gasteiger partial charge >= 0.3 is 0 Å². The number of benzene rings is 3. The van der Waals surface area contributed by atoms with Gasteiger partial charge < -0.3 is 0 Å². The summed E-state index contributed by atoms with van der Waals surface area (Å²) < 4.78 is 2.03. The molecule has 2 aromatic heterocycles. The van der Waals surface area contributed by atoms with E-state index < -0.39 is 0 Å². The second-order valence-electron chi connectivity index (χ2n) is 7.58. The highest BCUT2D eigenvalue weighted by Gasteiger charge is 2.17. The van der Waals surface area contributed by atoms with Crippen molar-refractivity contribution in [1.29, 1.82) is 0 Å². The average molecular weight is 398 g/mol. The molecule has 0 aliphatic rings. The first-order valence-electron chi connectivity index (χ1n) is 9.63. The molecule has 0 aliphatic carbocycles. The molecule has 29 heavy (non-hydrogen) atoms. The fourth-order valence-electron chi connectivity index (χ4n) is 3.73. The predicted octanol–water partition coefficient (Wildman–Crippen LogP) is 6.82. The normalized spacial score (nSPS) is 11.4. The van der Waals surface area contributed by atoms with E-state index in [1.54, 1.807) is 0 Å². The fraction of sp³-hybridized carbons (Fsp3) is 0.120. The molecule has 0 aliphatic heterocycles. The number of aryl methyl sites for hydroxylation is 3. The molecule has 142 valence electrons. The summed E-state index contributed by atoms with van der Waals surface area (Å²) in [6, 6.07) is 20.7. The van der Waals surface area contributed by atoms with Gasteiger partial charge in [0.15, 0.2) is 0 Å². The van der Waals surface area contributed by atoms with Crippen LogP contribution in [0.5, 0.6) is 0 Å². The predicted molar refractivity (Wildman–Crippen MR) is 121 cm³/mol. The van der Waals surface area contributed by atoms with Gasteiger partial charge in [0.2, 0.25) is 0 Å². The molecule has 5 aromatic rings. The minimum absolute atomic E-state index is 0.691. The molecule has 0 spiro atoms. The molecule has 0 unspecified atom stereocenters. The van der Waals surface area contributed by atoms with Crippen LogP contribution in [0.15, 0.2) is 66.9 Å². The quantitative estimate of drug-likeness (QED) is 0.327. The van der Waals surface area contributed by atoms with Gasteiger partial charge in [0.25, 0.3) is 0 Å². The third-order valence-electron chi connectivity index (χ3n) is 5.53. The zero-order chi connectivity index (χ0) is 20.1. The number of fused-ring (bicyclic) bond motifs is 3. The van der Waals surface area contributed by atoms with Gasteiger partial charge in [-0.25, -0.2) is 4.68 Å².